The van der Waals surface area contributed by atoms with E-state index in [1.54, 1.807) is 20.8 Å². The zero-order chi connectivity index (χ0) is 18.1. The first-order chi connectivity index (χ1) is 11.2. The Morgan fingerprint density at radius 1 is 1.33 bits per heavy atom. The topological polar surface area (TPSA) is 105 Å². The number of aliphatic hydroxyl groups excluding tert-OH is 1. The number of hydrogen-bond acceptors (Lipinski definition) is 6. The van der Waals surface area contributed by atoms with E-state index in [0.717, 1.165) is 0 Å². The van der Waals surface area contributed by atoms with Gasteiger partial charge in [0.1, 0.15) is 17.7 Å². The number of nitrogens with zero attached hydrogens (tertiary/aromatic N) is 1. The second-order valence-corrected chi connectivity index (χ2v) is 7.31. The molecule has 0 aromatic heterocycles. The van der Waals surface area contributed by atoms with E-state index in [1.807, 2.05) is 0 Å². The fraction of sp³-hybridized carbons (Fsp3) is 0.812. The SMILES string of the molecule is COC(=O)C1CC(CO)C2CCC(NC(=O)OC(C)(C)C)C(=O)N12. The van der Waals surface area contributed by atoms with Crippen molar-refractivity contribution in [2.24, 2.45) is 5.92 Å². The molecule has 0 spiro atoms. The zero-order valence-corrected chi connectivity index (χ0v) is 14.6. The minimum absolute atomic E-state index is 0.0912. The summed E-state index contributed by atoms with van der Waals surface area (Å²) in [6, 6.07) is -1.66. The van der Waals surface area contributed by atoms with Gasteiger partial charge in [0.2, 0.25) is 5.91 Å². The standard InChI is InChI=1S/C16H26N2O6/c1-16(2,3)24-15(22)17-10-5-6-11-9(8-19)7-12(14(21)23-4)18(11)13(10)20/h9-12,19H,5-8H2,1-4H3,(H,17,22). The Hall–Kier alpha value is -1.83. The molecule has 2 rings (SSSR count). The first kappa shape index (κ1) is 18.5. The number of carbonyl (C=O) groups is 3. The fourth-order valence-electron chi connectivity index (χ4n) is 3.47. The molecular formula is C16H26N2O6. The smallest absolute Gasteiger partial charge is 0.408 e. The quantitative estimate of drug-likeness (QED) is 0.721. The van der Waals surface area contributed by atoms with E-state index in [2.05, 4.69) is 5.32 Å². The molecule has 4 unspecified atom stereocenters. The molecule has 2 N–H and O–H groups in total. The molecule has 0 saturated carbocycles. The summed E-state index contributed by atoms with van der Waals surface area (Å²) < 4.78 is 9.97. The van der Waals surface area contributed by atoms with Gasteiger partial charge in [0.15, 0.2) is 0 Å². The molecule has 0 aromatic carbocycles. The van der Waals surface area contributed by atoms with Crippen LogP contribution in [-0.4, -0.2) is 65.4 Å². The highest BCUT2D eigenvalue weighted by atomic mass is 16.6. The van der Waals surface area contributed by atoms with E-state index in [1.165, 1.54) is 12.0 Å². The maximum atomic E-state index is 12.8. The van der Waals surface area contributed by atoms with Crippen molar-refractivity contribution in [1.82, 2.24) is 10.2 Å². The number of nitrogens with one attached hydrogen (secondary N) is 1. The molecule has 8 nitrogen and oxygen atoms in total. The fourth-order valence-corrected chi connectivity index (χ4v) is 3.47. The monoisotopic (exact) mass is 342 g/mol. The summed E-state index contributed by atoms with van der Waals surface area (Å²) in [5.41, 5.74) is -0.658. The van der Waals surface area contributed by atoms with Crippen LogP contribution in [0.15, 0.2) is 0 Å². The number of amides is 2. The Labute approximate surface area is 141 Å². The number of hydrogen-bond donors (Lipinski definition) is 2. The van der Waals surface area contributed by atoms with Gasteiger partial charge in [0.25, 0.3) is 0 Å². The van der Waals surface area contributed by atoms with E-state index in [0.29, 0.717) is 19.3 Å². The molecule has 2 amide bonds. The Morgan fingerprint density at radius 3 is 2.54 bits per heavy atom. The minimum atomic E-state index is -0.735. The Morgan fingerprint density at radius 2 is 2.00 bits per heavy atom. The molecule has 2 aliphatic heterocycles. The van der Waals surface area contributed by atoms with Crippen LogP contribution in [0.3, 0.4) is 0 Å². The van der Waals surface area contributed by atoms with Gasteiger partial charge in [0, 0.05) is 18.6 Å². The number of esters is 1. The van der Waals surface area contributed by atoms with Crippen molar-refractivity contribution in [3.05, 3.63) is 0 Å². The van der Waals surface area contributed by atoms with E-state index in [9.17, 15) is 19.5 Å². The minimum Gasteiger partial charge on any atom is -0.467 e. The summed E-state index contributed by atoms with van der Waals surface area (Å²) >= 11 is 0. The molecule has 0 radical (unpaired) electrons. The van der Waals surface area contributed by atoms with Gasteiger partial charge in [-0.1, -0.05) is 0 Å². The van der Waals surface area contributed by atoms with Crippen molar-refractivity contribution < 1.29 is 29.0 Å². The summed E-state index contributed by atoms with van der Waals surface area (Å²) in [4.78, 5) is 38.1. The number of aliphatic hydroxyl groups is 1. The number of fused-ring (bicyclic) bond motifs is 1. The first-order valence-electron chi connectivity index (χ1n) is 8.18. The first-order valence-corrected chi connectivity index (χ1v) is 8.18. The van der Waals surface area contributed by atoms with Crippen LogP contribution >= 0.6 is 0 Å². The summed E-state index contributed by atoms with van der Waals surface area (Å²) in [5, 5.41) is 12.1. The van der Waals surface area contributed by atoms with Crippen LogP contribution in [0, 0.1) is 5.92 Å². The van der Waals surface area contributed by atoms with Crippen LogP contribution in [0.2, 0.25) is 0 Å². The maximum Gasteiger partial charge on any atom is 0.408 e. The van der Waals surface area contributed by atoms with Gasteiger partial charge in [-0.05, 0) is 40.0 Å². The average molecular weight is 342 g/mol. The lowest BCUT2D eigenvalue weighted by atomic mass is 9.91. The molecule has 0 aliphatic carbocycles. The molecule has 2 fully saturated rings. The average Bonchev–Trinajstić information content (AvgIpc) is 2.87. The Balaban J connectivity index is 2.11. The second kappa shape index (κ2) is 6.96. The van der Waals surface area contributed by atoms with Crippen molar-refractivity contribution in [3.8, 4) is 0 Å². The van der Waals surface area contributed by atoms with Gasteiger partial charge < -0.3 is 24.8 Å². The normalized spacial score (nSPS) is 29.9. The molecule has 4 atom stereocenters. The van der Waals surface area contributed by atoms with Gasteiger partial charge in [-0.15, -0.1) is 0 Å². The van der Waals surface area contributed by atoms with Crippen LogP contribution < -0.4 is 5.32 Å². The van der Waals surface area contributed by atoms with Crippen molar-refractivity contribution in [2.75, 3.05) is 13.7 Å². The highest BCUT2D eigenvalue weighted by Gasteiger charge is 2.51. The lowest BCUT2D eigenvalue weighted by molar-refractivity contribution is -0.154. The molecule has 0 bridgehead atoms. The molecular weight excluding hydrogens is 316 g/mol. The predicted octanol–water partition coefficient (Wildman–Crippen LogP) is 0.424. The highest BCUT2D eigenvalue weighted by molar-refractivity contribution is 5.91. The third-order valence-electron chi connectivity index (χ3n) is 4.47. The van der Waals surface area contributed by atoms with Gasteiger partial charge in [-0.3, -0.25) is 4.79 Å². The van der Waals surface area contributed by atoms with E-state index in [4.69, 9.17) is 9.47 Å². The van der Waals surface area contributed by atoms with Crippen molar-refractivity contribution >= 4 is 18.0 Å². The Bertz CT molecular complexity index is 515. The molecule has 0 aromatic rings. The van der Waals surface area contributed by atoms with E-state index in [-0.39, 0.29) is 24.5 Å². The van der Waals surface area contributed by atoms with Crippen LogP contribution in [0.5, 0.6) is 0 Å². The maximum absolute atomic E-state index is 12.8. The number of rotatable bonds is 3. The number of methoxy groups -OCH3 is 1. The number of alkyl carbamates (subject to hydrolysis) is 1. The Kier molecular flexibility index (Phi) is 5.37. The lowest BCUT2D eigenvalue weighted by Gasteiger charge is -2.38. The summed E-state index contributed by atoms with van der Waals surface area (Å²) in [7, 11) is 1.27. The van der Waals surface area contributed by atoms with Gasteiger partial charge in [-0.25, -0.2) is 9.59 Å². The van der Waals surface area contributed by atoms with E-state index >= 15 is 0 Å². The van der Waals surface area contributed by atoms with Gasteiger partial charge in [0.05, 0.1) is 7.11 Å². The summed E-state index contributed by atoms with van der Waals surface area (Å²) in [6.07, 6.45) is 0.764. The number of ether oxygens (including phenoxy) is 2. The lowest BCUT2D eigenvalue weighted by Crippen LogP contribution is -2.58. The number of carbonyl (C=O) groups excluding carboxylic acids is 3. The van der Waals surface area contributed by atoms with Crippen LogP contribution in [0.1, 0.15) is 40.0 Å². The third-order valence-corrected chi connectivity index (χ3v) is 4.47. The van der Waals surface area contributed by atoms with Crippen molar-refractivity contribution in [3.63, 3.8) is 0 Å². The summed E-state index contributed by atoms with van der Waals surface area (Å²) in [5.74, 6) is -0.980. The van der Waals surface area contributed by atoms with Crippen LogP contribution in [0.4, 0.5) is 4.79 Å². The molecule has 8 heteroatoms. The molecule has 24 heavy (non-hydrogen) atoms. The molecule has 2 saturated heterocycles. The summed E-state index contributed by atoms with van der Waals surface area (Å²) in [6.45, 7) is 5.13. The van der Waals surface area contributed by atoms with Crippen molar-refractivity contribution in [2.45, 2.75) is 63.8 Å². The number of piperidine rings is 1. The van der Waals surface area contributed by atoms with Gasteiger partial charge in [-0.2, -0.15) is 0 Å². The largest absolute Gasteiger partial charge is 0.467 e. The second-order valence-electron chi connectivity index (χ2n) is 7.31. The zero-order valence-electron chi connectivity index (χ0n) is 14.6. The molecule has 2 heterocycles. The third kappa shape index (κ3) is 3.80. The van der Waals surface area contributed by atoms with Crippen LogP contribution in [0.25, 0.3) is 0 Å². The van der Waals surface area contributed by atoms with Crippen molar-refractivity contribution in [1.29, 1.82) is 0 Å². The van der Waals surface area contributed by atoms with E-state index < -0.39 is 29.7 Å². The molecule has 2 aliphatic rings. The predicted molar refractivity (Wildman–Crippen MR) is 84.0 cm³/mol. The van der Waals surface area contributed by atoms with Crippen LogP contribution in [-0.2, 0) is 19.1 Å². The highest BCUT2D eigenvalue weighted by Crippen LogP contribution is 2.37. The molecule has 136 valence electrons. The van der Waals surface area contributed by atoms with Gasteiger partial charge >= 0.3 is 12.1 Å².